The smallest absolute Gasteiger partial charge is 0.305 e. The summed E-state index contributed by atoms with van der Waals surface area (Å²) in [5, 5.41) is 3.19. The molecule has 0 amide bonds. The second-order valence-corrected chi connectivity index (χ2v) is 11.9. The third-order valence-corrected chi connectivity index (χ3v) is 9.08. The lowest BCUT2D eigenvalue weighted by Crippen LogP contribution is -2.34. The minimum absolute atomic E-state index is 0.183. The van der Waals surface area contributed by atoms with E-state index in [1.807, 2.05) is 20.8 Å². The van der Waals surface area contributed by atoms with Crippen molar-refractivity contribution in [3.05, 3.63) is 55.3 Å². The van der Waals surface area contributed by atoms with Crippen LogP contribution in [0.1, 0.15) is 40.9 Å². The van der Waals surface area contributed by atoms with Crippen molar-refractivity contribution >= 4 is 43.7 Å². The van der Waals surface area contributed by atoms with E-state index in [0.717, 1.165) is 28.4 Å². The Morgan fingerprint density at radius 3 is 2.68 bits per heavy atom. The van der Waals surface area contributed by atoms with Gasteiger partial charge in [-0.3, -0.25) is 0 Å². The fraction of sp³-hybridized carbons (Fsp3) is 0.350. The van der Waals surface area contributed by atoms with Gasteiger partial charge >= 0.3 is 5.69 Å². The molecule has 3 heterocycles. The van der Waals surface area contributed by atoms with Crippen molar-refractivity contribution in [2.45, 2.75) is 50.5 Å². The molecule has 1 aromatic carbocycles. The average molecular weight is 476 g/mol. The molecule has 162 valence electrons. The summed E-state index contributed by atoms with van der Waals surface area (Å²) in [6.07, 6.45) is 3.60. The second-order valence-electron chi connectivity index (χ2n) is 8.10. The summed E-state index contributed by atoms with van der Waals surface area (Å²) in [7, 11) is -3.79. The number of thiazole rings is 2. The summed E-state index contributed by atoms with van der Waals surface area (Å²) >= 11 is 2.86. The lowest BCUT2D eigenvalue weighted by atomic mass is 10.1. The standard InChI is InChI=1S/C20H21N5O3S3/c1-11-15(30-12(2)22-11)10-13-16(31(27,28)24-20(3)6-7-20)5-4-14-17(13)25(18(26)23-14)19-21-8-9-29-19/h4-5,8-9,24H,6-7,10H2,1-3H3,(H,23,26). The molecular formula is C20H21N5O3S3. The number of nitrogens with zero attached hydrogens (tertiary/aromatic N) is 3. The number of hydrogen-bond acceptors (Lipinski definition) is 7. The first-order chi connectivity index (χ1) is 14.7. The highest BCUT2D eigenvalue weighted by atomic mass is 32.2. The number of imidazole rings is 1. The number of aryl methyl sites for hydroxylation is 2. The van der Waals surface area contributed by atoms with Crippen LogP contribution in [0, 0.1) is 13.8 Å². The van der Waals surface area contributed by atoms with Gasteiger partial charge in [0.1, 0.15) is 0 Å². The maximum Gasteiger partial charge on any atom is 0.332 e. The van der Waals surface area contributed by atoms with Gasteiger partial charge in [0.25, 0.3) is 0 Å². The summed E-state index contributed by atoms with van der Waals surface area (Å²) < 4.78 is 31.1. The lowest BCUT2D eigenvalue weighted by molar-refractivity contribution is 0.557. The molecule has 5 rings (SSSR count). The Morgan fingerprint density at radius 1 is 1.29 bits per heavy atom. The summed E-state index contributed by atoms with van der Waals surface area (Å²) in [6, 6.07) is 3.23. The number of nitrogens with one attached hydrogen (secondary N) is 2. The molecule has 1 fully saturated rings. The molecule has 0 aliphatic heterocycles. The van der Waals surface area contributed by atoms with Gasteiger partial charge in [0, 0.05) is 34.0 Å². The molecule has 0 unspecified atom stereocenters. The first kappa shape index (κ1) is 20.6. The number of H-pyrrole nitrogens is 1. The molecule has 1 aliphatic carbocycles. The number of hydrogen-bond donors (Lipinski definition) is 2. The van der Waals surface area contributed by atoms with Crippen LogP contribution in [0.25, 0.3) is 16.2 Å². The summed E-state index contributed by atoms with van der Waals surface area (Å²) in [4.78, 5) is 25.6. The first-order valence-electron chi connectivity index (χ1n) is 9.80. The summed E-state index contributed by atoms with van der Waals surface area (Å²) in [5.74, 6) is 0. The average Bonchev–Trinajstić information content (AvgIpc) is 3.04. The Bertz CT molecular complexity index is 1460. The zero-order valence-electron chi connectivity index (χ0n) is 17.2. The molecule has 0 spiro atoms. The van der Waals surface area contributed by atoms with Crippen LogP contribution in [0.3, 0.4) is 0 Å². The van der Waals surface area contributed by atoms with Crippen LogP contribution in [0.15, 0.2) is 33.4 Å². The monoisotopic (exact) mass is 475 g/mol. The van der Waals surface area contributed by atoms with E-state index in [1.54, 1.807) is 23.7 Å². The van der Waals surface area contributed by atoms with E-state index in [9.17, 15) is 13.2 Å². The molecule has 3 aromatic heterocycles. The number of fused-ring (bicyclic) bond motifs is 1. The van der Waals surface area contributed by atoms with Gasteiger partial charge in [-0.25, -0.2) is 32.5 Å². The Labute approximate surface area is 187 Å². The van der Waals surface area contributed by atoms with Crippen molar-refractivity contribution in [2.24, 2.45) is 0 Å². The molecule has 11 heteroatoms. The summed E-state index contributed by atoms with van der Waals surface area (Å²) in [5.41, 5.74) is 1.79. The number of aromatic amines is 1. The molecule has 31 heavy (non-hydrogen) atoms. The fourth-order valence-corrected chi connectivity index (χ4v) is 7.04. The zero-order valence-corrected chi connectivity index (χ0v) is 19.7. The van der Waals surface area contributed by atoms with Crippen LogP contribution in [0.4, 0.5) is 0 Å². The van der Waals surface area contributed by atoms with Crippen molar-refractivity contribution in [3.63, 3.8) is 0 Å². The minimum Gasteiger partial charge on any atom is -0.305 e. The first-order valence-corrected chi connectivity index (χ1v) is 13.0. The van der Waals surface area contributed by atoms with Crippen molar-refractivity contribution < 1.29 is 8.42 Å². The minimum atomic E-state index is -3.79. The molecule has 0 bridgehead atoms. The van der Waals surface area contributed by atoms with Crippen LogP contribution in [-0.2, 0) is 16.4 Å². The number of sulfonamides is 1. The van der Waals surface area contributed by atoms with Crippen LogP contribution in [0.5, 0.6) is 0 Å². The van der Waals surface area contributed by atoms with E-state index in [1.165, 1.54) is 27.2 Å². The van der Waals surface area contributed by atoms with Gasteiger partial charge in [0.2, 0.25) is 10.0 Å². The molecular weight excluding hydrogens is 454 g/mol. The number of aromatic nitrogens is 4. The molecule has 0 atom stereocenters. The van der Waals surface area contributed by atoms with E-state index >= 15 is 0 Å². The Kier molecular flexibility index (Phi) is 4.70. The predicted molar refractivity (Wildman–Crippen MR) is 122 cm³/mol. The Hall–Kier alpha value is -2.34. The van der Waals surface area contributed by atoms with Crippen molar-refractivity contribution in [1.82, 2.24) is 24.2 Å². The second kappa shape index (κ2) is 7.09. The lowest BCUT2D eigenvalue weighted by Gasteiger charge is -2.16. The van der Waals surface area contributed by atoms with Gasteiger partial charge in [0.05, 0.1) is 26.6 Å². The normalized spacial score (nSPS) is 15.6. The van der Waals surface area contributed by atoms with E-state index in [0.29, 0.717) is 28.1 Å². The van der Waals surface area contributed by atoms with Crippen LogP contribution < -0.4 is 10.4 Å². The zero-order chi connectivity index (χ0) is 22.0. The molecule has 0 saturated heterocycles. The van der Waals surface area contributed by atoms with Gasteiger partial charge < -0.3 is 4.98 Å². The summed E-state index contributed by atoms with van der Waals surface area (Å²) in [6.45, 7) is 5.75. The van der Waals surface area contributed by atoms with Crippen LogP contribution in [0.2, 0.25) is 0 Å². The van der Waals surface area contributed by atoms with Gasteiger partial charge in [0.15, 0.2) is 5.13 Å². The maximum atomic E-state index is 13.4. The van der Waals surface area contributed by atoms with Gasteiger partial charge in [-0.1, -0.05) is 0 Å². The highest BCUT2D eigenvalue weighted by Gasteiger charge is 2.42. The number of rotatable bonds is 6. The SMILES string of the molecule is Cc1nc(C)c(Cc2c(S(=O)(=O)NC3(C)CC3)ccc3[nH]c(=O)n(-c4nccs4)c23)s1. The third kappa shape index (κ3) is 3.65. The molecule has 1 saturated carbocycles. The topological polar surface area (TPSA) is 110 Å². The van der Waals surface area contributed by atoms with E-state index in [2.05, 4.69) is 19.7 Å². The van der Waals surface area contributed by atoms with E-state index < -0.39 is 15.6 Å². The molecule has 2 N–H and O–H groups in total. The van der Waals surface area contributed by atoms with Gasteiger partial charge in [-0.05, 0) is 45.7 Å². The third-order valence-electron chi connectivity index (χ3n) is 5.53. The van der Waals surface area contributed by atoms with Crippen LogP contribution in [-0.4, -0.2) is 33.5 Å². The van der Waals surface area contributed by atoms with E-state index in [4.69, 9.17) is 0 Å². The van der Waals surface area contributed by atoms with Crippen LogP contribution >= 0.6 is 22.7 Å². The number of benzene rings is 1. The Balaban J connectivity index is 1.79. The molecule has 8 nitrogen and oxygen atoms in total. The quantitative estimate of drug-likeness (QED) is 0.445. The van der Waals surface area contributed by atoms with Gasteiger partial charge in [-0.15, -0.1) is 22.7 Å². The van der Waals surface area contributed by atoms with Crippen molar-refractivity contribution in [2.75, 3.05) is 0 Å². The van der Waals surface area contributed by atoms with Gasteiger partial charge in [-0.2, -0.15) is 0 Å². The van der Waals surface area contributed by atoms with Crippen molar-refractivity contribution in [1.29, 1.82) is 0 Å². The fourth-order valence-electron chi connectivity index (χ4n) is 3.75. The van der Waals surface area contributed by atoms with Crippen molar-refractivity contribution in [3.8, 4) is 5.13 Å². The predicted octanol–water partition coefficient (Wildman–Crippen LogP) is 3.27. The highest BCUT2D eigenvalue weighted by molar-refractivity contribution is 7.89. The molecule has 0 radical (unpaired) electrons. The largest absolute Gasteiger partial charge is 0.332 e. The highest BCUT2D eigenvalue weighted by Crippen LogP contribution is 2.37. The molecule has 4 aromatic rings. The molecule has 1 aliphatic rings. The Morgan fingerprint density at radius 2 is 2.06 bits per heavy atom. The maximum absolute atomic E-state index is 13.4. The van der Waals surface area contributed by atoms with E-state index in [-0.39, 0.29) is 10.6 Å².